The molecule has 1 unspecified atom stereocenters. The number of carbonyl (C=O) groups excluding carboxylic acids is 1. The fourth-order valence-corrected chi connectivity index (χ4v) is 1.55. The van der Waals surface area contributed by atoms with Crippen LogP contribution in [0.4, 0.5) is 0 Å². The molecule has 1 heterocycles. The zero-order chi connectivity index (χ0) is 8.10. The number of carbonyl (C=O) groups is 1. The molecule has 0 radical (unpaired) electrons. The van der Waals surface area contributed by atoms with Crippen molar-refractivity contribution in [3.63, 3.8) is 0 Å². The summed E-state index contributed by atoms with van der Waals surface area (Å²) in [6, 6.07) is 0. The smallest absolute Gasteiger partial charge is 0.232 e. The van der Waals surface area contributed by atoms with Gasteiger partial charge in [0.2, 0.25) is 5.91 Å². The Labute approximate surface area is 73.2 Å². The Morgan fingerprint density at radius 1 is 1.27 bits per heavy atom. The number of hydrogen-bond donors (Lipinski definition) is 2. The summed E-state index contributed by atoms with van der Waals surface area (Å²) < 4.78 is 0. The average Bonchev–Trinajstić information content (AvgIpc) is 2.07. The van der Waals surface area contributed by atoms with Crippen LogP contribution in [-0.4, -0.2) is 17.7 Å². The monoisotopic (exact) mass is 173 g/mol. The van der Waals surface area contributed by atoms with Crippen LogP contribution < -0.4 is 5.32 Å². The highest BCUT2D eigenvalue weighted by atomic mass is 32.1. The highest BCUT2D eigenvalue weighted by molar-refractivity contribution is 7.81. The van der Waals surface area contributed by atoms with Crippen LogP contribution in [0.25, 0.3) is 0 Å². The van der Waals surface area contributed by atoms with Crippen molar-refractivity contribution in [3.8, 4) is 0 Å². The molecular formula is C8H15NOS. The molecule has 0 saturated carbocycles. The number of rotatable bonds is 0. The third kappa shape index (κ3) is 3.14. The molecule has 2 nitrogen and oxygen atoms in total. The first kappa shape index (κ1) is 8.91. The second-order valence-electron chi connectivity index (χ2n) is 3.01. The largest absolute Gasteiger partial charge is 0.355 e. The summed E-state index contributed by atoms with van der Waals surface area (Å²) in [4.78, 5) is 11.1. The second kappa shape index (κ2) is 4.65. The zero-order valence-electron chi connectivity index (χ0n) is 6.68. The number of thiol groups is 1. The van der Waals surface area contributed by atoms with E-state index < -0.39 is 0 Å². The van der Waals surface area contributed by atoms with E-state index in [2.05, 4.69) is 17.9 Å². The zero-order valence-corrected chi connectivity index (χ0v) is 7.57. The Morgan fingerprint density at radius 3 is 2.82 bits per heavy atom. The maximum atomic E-state index is 11.1. The van der Waals surface area contributed by atoms with E-state index in [9.17, 15) is 4.79 Å². The van der Waals surface area contributed by atoms with Gasteiger partial charge in [0.15, 0.2) is 0 Å². The van der Waals surface area contributed by atoms with Gasteiger partial charge >= 0.3 is 0 Å². The van der Waals surface area contributed by atoms with E-state index in [-0.39, 0.29) is 11.2 Å². The third-order valence-corrected chi connectivity index (χ3v) is 2.50. The number of amides is 1. The van der Waals surface area contributed by atoms with E-state index in [4.69, 9.17) is 0 Å². The molecule has 0 aromatic rings. The molecule has 0 aromatic heterocycles. The average molecular weight is 173 g/mol. The maximum absolute atomic E-state index is 11.1. The molecule has 11 heavy (non-hydrogen) atoms. The summed E-state index contributed by atoms with van der Waals surface area (Å²) in [5, 5.41) is 2.78. The fraction of sp³-hybridized carbons (Fsp3) is 0.875. The molecule has 0 spiro atoms. The predicted octanol–water partition coefficient (Wildman–Crippen LogP) is 1.37. The van der Waals surface area contributed by atoms with Crippen molar-refractivity contribution in [3.05, 3.63) is 0 Å². The van der Waals surface area contributed by atoms with E-state index >= 15 is 0 Å². The van der Waals surface area contributed by atoms with Gasteiger partial charge in [-0.2, -0.15) is 12.6 Å². The highest BCUT2D eigenvalue weighted by Gasteiger charge is 2.13. The van der Waals surface area contributed by atoms with Crippen molar-refractivity contribution in [1.82, 2.24) is 5.32 Å². The summed E-state index contributed by atoms with van der Waals surface area (Å²) in [7, 11) is 0. The van der Waals surface area contributed by atoms with Crippen LogP contribution in [0.15, 0.2) is 0 Å². The van der Waals surface area contributed by atoms with Gasteiger partial charge in [-0.1, -0.05) is 19.3 Å². The minimum atomic E-state index is -0.0758. The Kier molecular flexibility index (Phi) is 3.77. The van der Waals surface area contributed by atoms with Gasteiger partial charge in [-0.05, 0) is 12.8 Å². The third-order valence-electron chi connectivity index (χ3n) is 2.01. The standard InChI is InChI=1S/C8H15NOS/c10-8-7(11)5-3-1-2-4-6-9-8/h7,11H,1-6H2,(H,9,10). The minimum absolute atomic E-state index is 0.0758. The highest BCUT2D eigenvalue weighted by Crippen LogP contribution is 2.11. The van der Waals surface area contributed by atoms with Gasteiger partial charge in [0.1, 0.15) is 0 Å². The lowest BCUT2D eigenvalue weighted by atomic mass is 10.1. The van der Waals surface area contributed by atoms with Crippen molar-refractivity contribution in [2.24, 2.45) is 0 Å². The van der Waals surface area contributed by atoms with E-state index in [1.54, 1.807) is 0 Å². The van der Waals surface area contributed by atoms with Gasteiger partial charge < -0.3 is 5.32 Å². The van der Waals surface area contributed by atoms with E-state index in [0.717, 1.165) is 25.8 Å². The SMILES string of the molecule is O=C1NCCCCCCC1S. The molecule has 0 aromatic carbocycles. The molecule has 1 N–H and O–H groups in total. The number of nitrogens with one attached hydrogen (secondary N) is 1. The van der Waals surface area contributed by atoms with Gasteiger partial charge in [-0.15, -0.1) is 0 Å². The molecule has 1 rings (SSSR count). The minimum Gasteiger partial charge on any atom is -0.355 e. The molecule has 64 valence electrons. The van der Waals surface area contributed by atoms with Gasteiger partial charge in [0.05, 0.1) is 5.25 Å². The molecule has 0 bridgehead atoms. The van der Waals surface area contributed by atoms with Crippen molar-refractivity contribution >= 4 is 18.5 Å². The van der Waals surface area contributed by atoms with Gasteiger partial charge in [0, 0.05) is 6.54 Å². The Morgan fingerprint density at radius 2 is 2.00 bits per heavy atom. The molecule has 1 aliphatic rings. The van der Waals surface area contributed by atoms with Crippen LogP contribution in [0.1, 0.15) is 32.1 Å². The Hall–Kier alpha value is -0.180. The van der Waals surface area contributed by atoms with Crippen LogP contribution in [0.5, 0.6) is 0 Å². The quantitative estimate of drug-likeness (QED) is 0.532. The maximum Gasteiger partial charge on any atom is 0.232 e. The molecule has 1 fully saturated rings. The van der Waals surface area contributed by atoms with Crippen molar-refractivity contribution in [2.75, 3.05) is 6.54 Å². The summed E-state index contributed by atoms with van der Waals surface area (Å²) in [6.45, 7) is 0.829. The molecule has 1 atom stereocenters. The van der Waals surface area contributed by atoms with Crippen LogP contribution >= 0.6 is 12.6 Å². The molecule has 1 saturated heterocycles. The summed E-state index contributed by atoms with van der Waals surface area (Å²) in [5.74, 6) is 0.107. The lowest BCUT2D eigenvalue weighted by Crippen LogP contribution is -2.31. The molecule has 1 amide bonds. The first-order valence-corrected chi connectivity index (χ1v) is 4.78. The molecule has 1 aliphatic heterocycles. The van der Waals surface area contributed by atoms with Crippen LogP contribution in [0, 0.1) is 0 Å². The number of hydrogen-bond acceptors (Lipinski definition) is 2. The summed E-state index contributed by atoms with van der Waals surface area (Å²) in [5.41, 5.74) is 0. The summed E-state index contributed by atoms with van der Waals surface area (Å²) >= 11 is 4.21. The first-order valence-electron chi connectivity index (χ1n) is 4.26. The second-order valence-corrected chi connectivity index (χ2v) is 3.63. The molecule has 3 heteroatoms. The lowest BCUT2D eigenvalue weighted by molar-refractivity contribution is -0.120. The normalized spacial score (nSPS) is 28.1. The topological polar surface area (TPSA) is 29.1 Å². The predicted molar refractivity (Wildman–Crippen MR) is 48.9 cm³/mol. The van der Waals surface area contributed by atoms with Crippen molar-refractivity contribution in [2.45, 2.75) is 37.4 Å². The Balaban J connectivity index is 2.35. The van der Waals surface area contributed by atoms with Crippen LogP contribution in [0.3, 0.4) is 0 Å². The Bertz CT molecular complexity index is 138. The van der Waals surface area contributed by atoms with Gasteiger partial charge in [0.25, 0.3) is 0 Å². The van der Waals surface area contributed by atoms with E-state index in [1.807, 2.05) is 0 Å². The van der Waals surface area contributed by atoms with E-state index in [1.165, 1.54) is 12.8 Å². The lowest BCUT2D eigenvalue weighted by Gasteiger charge is -2.07. The van der Waals surface area contributed by atoms with Gasteiger partial charge in [-0.25, -0.2) is 0 Å². The van der Waals surface area contributed by atoms with E-state index in [0.29, 0.717) is 0 Å². The molecule has 0 aliphatic carbocycles. The fourth-order valence-electron chi connectivity index (χ4n) is 1.28. The molecular weight excluding hydrogens is 158 g/mol. The van der Waals surface area contributed by atoms with Crippen molar-refractivity contribution in [1.29, 1.82) is 0 Å². The summed E-state index contributed by atoms with van der Waals surface area (Å²) in [6.07, 6.45) is 5.66. The van der Waals surface area contributed by atoms with Gasteiger partial charge in [-0.3, -0.25) is 4.79 Å². The van der Waals surface area contributed by atoms with Crippen LogP contribution in [0.2, 0.25) is 0 Å². The van der Waals surface area contributed by atoms with Crippen molar-refractivity contribution < 1.29 is 4.79 Å². The first-order chi connectivity index (χ1) is 5.30. The van der Waals surface area contributed by atoms with Crippen LogP contribution in [-0.2, 0) is 4.79 Å².